The fourth-order valence-electron chi connectivity index (χ4n) is 3.57. The Balaban J connectivity index is 1.72. The van der Waals surface area contributed by atoms with Gasteiger partial charge in [0.05, 0.1) is 19.4 Å². The van der Waals surface area contributed by atoms with Gasteiger partial charge in [0, 0.05) is 13.0 Å². The molecule has 0 atom stereocenters. The minimum atomic E-state index is 0.156. The largest absolute Gasteiger partial charge is 0.495 e. The van der Waals surface area contributed by atoms with Gasteiger partial charge in [0.15, 0.2) is 0 Å². The lowest BCUT2D eigenvalue weighted by atomic mass is 9.95. The van der Waals surface area contributed by atoms with E-state index < -0.39 is 0 Å². The van der Waals surface area contributed by atoms with E-state index >= 15 is 0 Å². The van der Waals surface area contributed by atoms with E-state index in [1.807, 2.05) is 42.2 Å². The summed E-state index contributed by atoms with van der Waals surface area (Å²) >= 11 is 0. The van der Waals surface area contributed by atoms with Crippen molar-refractivity contribution in [3.63, 3.8) is 0 Å². The summed E-state index contributed by atoms with van der Waals surface area (Å²) in [7, 11) is 1.67. The van der Waals surface area contributed by atoms with Gasteiger partial charge in [-0.15, -0.1) is 0 Å². The summed E-state index contributed by atoms with van der Waals surface area (Å²) in [6, 6.07) is 12.0. The Labute approximate surface area is 155 Å². The molecule has 0 aliphatic carbocycles. The smallest absolute Gasteiger partial charge is 0.227 e. The first-order chi connectivity index (χ1) is 12.6. The van der Waals surface area contributed by atoms with Crippen LogP contribution in [0.3, 0.4) is 0 Å². The van der Waals surface area contributed by atoms with Crippen molar-refractivity contribution in [1.29, 1.82) is 0 Å². The van der Waals surface area contributed by atoms with Crippen molar-refractivity contribution < 1.29 is 14.3 Å². The molecule has 26 heavy (non-hydrogen) atoms. The molecule has 0 unspecified atom stereocenters. The topological polar surface area (TPSA) is 38.8 Å². The number of ether oxygens (including phenoxy) is 2. The molecule has 2 aromatic carbocycles. The number of methoxy groups -OCH3 is 1. The highest BCUT2D eigenvalue weighted by atomic mass is 16.5. The molecule has 3 rings (SSSR count). The Morgan fingerprint density at radius 3 is 2.62 bits per heavy atom. The van der Waals surface area contributed by atoms with Crippen molar-refractivity contribution >= 4 is 11.6 Å². The van der Waals surface area contributed by atoms with Crippen LogP contribution in [0.15, 0.2) is 36.4 Å². The van der Waals surface area contributed by atoms with Crippen molar-refractivity contribution in [2.45, 2.75) is 39.5 Å². The van der Waals surface area contributed by atoms with Gasteiger partial charge in [-0.3, -0.25) is 4.79 Å². The fourth-order valence-corrected chi connectivity index (χ4v) is 3.57. The molecule has 2 aromatic rings. The van der Waals surface area contributed by atoms with E-state index in [4.69, 9.17) is 9.47 Å². The number of aryl methyl sites for hydroxylation is 2. The molecule has 0 radical (unpaired) electrons. The molecule has 0 N–H and O–H groups in total. The zero-order chi connectivity index (χ0) is 18.5. The molecule has 0 fully saturated rings. The van der Waals surface area contributed by atoms with Crippen LogP contribution >= 0.6 is 0 Å². The van der Waals surface area contributed by atoms with E-state index in [1.165, 1.54) is 11.1 Å². The Morgan fingerprint density at radius 2 is 1.92 bits per heavy atom. The van der Waals surface area contributed by atoms with E-state index in [-0.39, 0.29) is 5.91 Å². The van der Waals surface area contributed by atoms with Gasteiger partial charge in [0.2, 0.25) is 5.91 Å². The lowest BCUT2D eigenvalue weighted by Crippen LogP contribution is -2.36. The first-order valence-corrected chi connectivity index (χ1v) is 9.32. The highest BCUT2D eigenvalue weighted by molar-refractivity contribution is 5.96. The van der Waals surface area contributed by atoms with Crippen LogP contribution in [-0.4, -0.2) is 26.2 Å². The predicted molar refractivity (Wildman–Crippen MR) is 104 cm³/mol. The molecule has 1 amide bonds. The second kappa shape index (κ2) is 8.26. The highest BCUT2D eigenvalue weighted by Crippen LogP contribution is 2.38. The predicted octanol–water partition coefficient (Wildman–Crippen LogP) is 4.31. The molecular formula is C22H27NO3. The van der Waals surface area contributed by atoms with E-state index in [0.717, 1.165) is 48.6 Å². The van der Waals surface area contributed by atoms with Crippen LogP contribution in [0.25, 0.3) is 0 Å². The molecule has 0 bridgehead atoms. The SMILES string of the molecule is CCOc1ccc(CCC(=O)N2CCCc3c(C)ccc(OC)c32)cc1. The van der Waals surface area contributed by atoms with Crippen LogP contribution in [0.4, 0.5) is 5.69 Å². The normalized spacial score (nSPS) is 13.3. The summed E-state index contributed by atoms with van der Waals surface area (Å²) < 4.78 is 11.0. The first-order valence-electron chi connectivity index (χ1n) is 9.32. The standard InChI is InChI=1S/C22H27NO3/c1-4-26-18-11-8-17(9-12-18)10-14-21(24)23-15-5-6-19-16(2)7-13-20(25-3)22(19)23/h7-9,11-13H,4-6,10,14-15H2,1-3H3. The number of carbonyl (C=O) groups excluding carboxylic acids is 1. The third kappa shape index (κ3) is 3.85. The van der Waals surface area contributed by atoms with Crippen LogP contribution in [0.5, 0.6) is 11.5 Å². The van der Waals surface area contributed by atoms with Gasteiger partial charge in [-0.2, -0.15) is 0 Å². The molecular weight excluding hydrogens is 326 g/mol. The Kier molecular flexibility index (Phi) is 5.82. The highest BCUT2D eigenvalue weighted by Gasteiger charge is 2.26. The minimum Gasteiger partial charge on any atom is -0.495 e. The number of fused-ring (bicyclic) bond motifs is 1. The van der Waals surface area contributed by atoms with Crippen molar-refractivity contribution in [2.75, 3.05) is 25.2 Å². The van der Waals surface area contributed by atoms with Crippen LogP contribution in [-0.2, 0) is 17.6 Å². The van der Waals surface area contributed by atoms with E-state index in [1.54, 1.807) is 7.11 Å². The number of hydrogen-bond donors (Lipinski definition) is 0. The zero-order valence-corrected chi connectivity index (χ0v) is 15.9. The maximum Gasteiger partial charge on any atom is 0.227 e. The van der Waals surface area contributed by atoms with E-state index in [2.05, 4.69) is 13.0 Å². The summed E-state index contributed by atoms with van der Waals surface area (Å²) in [6.07, 6.45) is 3.21. The summed E-state index contributed by atoms with van der Waals surface area (Å²) in [5, 5.41) is 0. The molecule has 1 heterocycles. The van der Waals surface area contributed by atoms with Gasteiger partial charge >= 0.3 is 0 Å². The van der Waals surface area contributed by atoms with Gasteiger partial charge < -0.3 is 14.4 Å². The minimum absolute atomic E-state index is 0.156. The fraction of sp³-hybridized carbons (Fsp3) is 0.409. The van der Waals surface area contributed by atoms with Crippen LogP contribution in [0, 0.1) is 6.92 Å². The maximum absolute atomic E-state index is 12.9. The third-order valence-corrected chi connectivity index (χ3v) is 4.94. The maximum atomic E-state index is 12.9. The van der Waals surface area contributed by atoms with Gasteiger partial charge in [-0.05, 0) is 68.0 Å². The van der Waals surface area contributed by atoms with Gasteiger partial charge in [0.1, 0.15) is 11.5 Å². The second-order valence-corrected chi connectivity index (χ2v) is 6.64. The van der Waals surface area contributed by atoms with Gasteiger partial charge in [0.25, 0.3) is 0 Å². The van der Waals surface area contributed by atoms with Crippen molar-refractivity contribution in [2.24, 2.45) is 0 Å². The molecule has 1 aliphatic rings. The van der Waals surface area contributed by atoms with Crippen molar-refractivity contribution in [1.82, 2.24) is 0 Å². The summed E-state index contributed by atoms with van der Waals surface area (Å²) in [6.45, 7) is 5.49. The number of benzene rings is 2. The van der Waals surface area contributed by atoms with Gasteiger partial charge in [-0.1, -0.05) is 18.2 Å². The summed E-state index contributed by atoms with van der Waals surface area (Å²) in [5.41, 5.74) is 4.58. The second-order valence-electron chi connectivity index (χ2n) is 6.64. The van der Waals surface area contributed by atoms with Crippen molar-refractivity contribution in [3.05, 3.63) is 53.1 Å². The number of carbonyl (C=O) groups is 1. The molecule has 0 saturated carbocycles. The molecule has 0 aromatic heterocycles. The number of amides is 1. The molecule has 138 valence electrons. The zero-order valence-electron chi connectivity index (χ0n) is 15.9. The van der Waals surface area contributed by atoms with Gasteiger partial charge in [-0.25, -0.2) is 0 Å². The van der Waals surface area contributed by atoms with Crippen LogP contribution in [0.1, 0.15) is 36.5 Å². The monoisotopic (exact) mass is 353 g/mol. The lowest BCUT2D eigenvalue weighted by Gasteiger charge is -2.32. The first kappa shape index (κ1) is 18.3. The quantitative estimate of drug-likeness (QED) is 0.776. The third-order valence-electron chi connectivity index (χ3n) is 4.94. The van der Waals surface area contributed by atoms with E-state index in [9.17, 15) is 4.79 Å². The Hall–Kier alpha value is -2.49. The molecule has 4 nitrogen and oxygen atoms in total. The van der Waals surface area contributed by atoms with Crippen molar-refractivity contribution in [3.8, 4) is 11.5 Å². The van der Waals surface area contributed by atoms with Crippen LogP contribution in [0.2, 0.25) is 0 Å². The Morgan fingerprint density at radius 1 is 1.15 bits per heavy atom. The molecule has 4 heteroatoms. The molecule has 0 spiro atoms. The Bertz CT molecular complexity index is 768. The molecule has 1 aliphatic heterocycles. The number of nitrogens with zero attached hydrogens (tertiary/aromatic N) is 1. The molecule has 0 saturated heterocycles. The number of anilines is 1. The van der Waals surface area contributed by atoms with E-state index in [0.29, 0.717) is 13.0 Å². The average Bonchev–Trinajstić information content (AvgIpc) is 2.67. The number of hydrogen-bond acceptors (Lipinski definition) is 3. The average molecular weight is 353 g/mol. The summed E-state index contributed by atoms with van der Waals surface area (Å²) in [4.78, 5) is 14.8. The number of rotatable bonds is 6. The summed E-state index contributed by atoms with van der Waals surface area (Å²) in [5.74, 6) is 1.82. The van der Waals surface area contributed by atoms with Crippen LogP contribution < -0.4 is 14.4 Å². The lowest BCUT2D eigenvalue weighted by molar-refractivity contribution is -0.118.